The fraction of sp³-hybridized carbons (Fsp3) is 0.692. The predicted octanol–water partition coefficient (Wildman–Crippen LogP) is 0.733. The molecule has 2 atom stereocenters. The molecular weight excluding hydrogens is 296 g/mol. The molecule has 21 heavy (non-hydrogen) atoms. The molecule has 120 valence electrons. The first-order valence-corrected chi connectivity index (χ1v) is 8.56. The lowest BCUT2D eigenvalue weighted by Crippen LogP contribution is -2.44. The second-order valence-corrected chi connectivity index (χ2v) is 7.64. The van der Waals surface area contributed by atoms with Crippen LogP contribution in [0.25, 0.3) is 0 Å². The Kier molecular flexibility index (Phi) is 6.19. The quantitative estimate of drug-likeness (QED) is 0.640. The largest absolute Gasteiger partial charge is 0.481 e. The zero-order valence-electron chi connectivity index (χ0n) is 12.2. The summed E-state index contributed by atoms with van der Waals surface area (Å²) in [5.41, 5.74) is 0. The molecule has 0 spiro atoms. The number of hydrogen-bond acceptors (Lipinski definition) is 4. The highest BCUT2D eigenvalue weighted by atomic mass is 32.2. The van der Waals surface area contributed by atoms with E-state index in [1.54, 1.807) is 0 Å². The van der Waals surface area contributed by atoms with Gasteiger partial charge in [-0.2, -0.15) is 0 Å². The summed E-state index contributed by atoms with van der Waals surface area (Å²) < 4.78 is 22.4. The summed E-state index contributed by atoms with van der Waals surface area (Å²) in [7, 11) is -3.20. The van der Waals surface area contributed by atoms with Crippen LogP contribution < -0.4 is 10.6 Å². The van der Waals surface area contributed by atoms with Crippen molar-refractivity contribution < 1.29 is 23.1 Å². The zero-order chi connectivity index (χ0) is 16.0. The second-order valence-electron chi connectivity index (χ2n) is 5.71. The normalized spacial score (nSPS) is 21.2. The van der Waals surface area contributed by atoms with Crippen molar-refractivity contribution in [2.45, 2.75) is 32.7 Å². The number of carboxylic acid groups (broad SMARTS) is 1. The van der Waals surface area contributed by atoms with Crippen molar-refractivity contribution in [3.8, 4) is 0 Å². The molecule has 8 heteroatoms. The molecule has 0 aromatic heterocycles. The number of sulfone groups is 1. The van der Waals surface area contributed by atoms with Gasteiger partial charge < -0.3 is 15.7 Å². The van der Waals surface area contributed by atoms with Crippen LogP contribution in [-0.2, 0) is 14.6 Å². The van der Waals surface area contributed by atoms with Crippen molar-refractivity contribution in [1.82, 2.24) is 10.6 Å². The van der Waals surface area contributed by atoms with Gasteiger partial charge in [-0.3, -0.25) is 4.79 Å². The lowest BCUT2D eigenvalue weighted by atomic mass is 9.94. The monoisotopic (exact) mass is 318 g/mol. The summed E-state index contributed by atoms with van der Waals surface area (Å²) >= 11 is 0. The van der Waals surface area contributed by atoms with E-state index in [2.05, 4.69) is 10.6 Å². The van der Waals surface area contributed by atoms with Crippen LogP contribution in [0.3, 0.4) is 0 Å². The lowest BCUT2D eigenvalue weighted by Gasteiger charge is -2.18. The first kappa shape index (κ1) is 17.5. The van der Waals surface area contributed by atoms with Gasteiger partial charge in [-0.05, 0) is 24.3 Å². The van der Waals surface area contributed by atoms with Gasteiger partial charge in [-0.15, -0.1) is 0 Å². The third kappa shape index (κ3) is 7.12. The third-order valence-electron chi connectivity index (χ3n) is 3.07. The van der Waals surface area contributed by atoms with Crippen LogP contribution >= 0.6 is 0 Å². The molecule has 0 saturated heterocycles. The Morgan fingerprint density at radius 3 is 2.52 bits per heavy atom. The second kappa shape index (κ2) is 7.44. The molecule has 3 N–H and O–H groups in total. The van der Waals surface area contributed by atoms with Crippen molar-refractivity contribution in [1.29, 1.82) is 0 Å². The summed E-state index contributed by atoms with van der Waals surface area (Å²) in [6, 6.07) is -1.01. The maximum Gasteiger partial charge on any atom is 0.315 e. The molecule has 0 saturated carbocycles. The molecule has 0 bridgehead atoms. The number of amides is 2. The van der Waals surface area contributed by atoms with Gasteiger partial charge in [0.05, 0.1) is 11.8 Å². The number of aliphatic carboxylic acids is 1. The molecule has 7 nitrogen and oxygen atoms in total. The van der Waals surface area contributed by atoms with E-state index >= 15 is 0 Å². The Labute approximate surface area is 124 Å². The van der Waals surface area contributed by atoms with Gasteiger partial charge in [0.2, 0.25) is 0 Å². The van der Waals surface area contributed by atoms with E-state index < -0.39 is 27.9 Å². The molecule has 1 aliphatic heterocycles. The summed E-state index contributed by atoms with van der Waals surface area (Å²) in [5.74, 6) is -0.837. The van der Waals surface area contributed by atoms with E-state index in [0.29, 0.717) is 12.3 Å². The van der Waals surface area contributed by atoms with Gasteiger partial charge in [0.25, 0.3) is 0 Å². The number of nitrogens with one attached hydrogen (secondary N) is 2. The Morgan fingerprint density at radius 1 is 1.38 bits per heavy atom. The fourth-order valence-electron chi connectivity index (χ4n) is 2.27. The number of carbonyl (C=O) groups is 2. The molecule has 1 heterocycles. The number of carboxylic acids is 1. The topological polar surface area (TPSA) is 113 Å². The van der Waals surface area contributed by atoms with Crippen LogP contribution in [0.1, 0.15) is 26.7 Å². The van der Waals surface area contributed by atoms with E-state index in [1.165, 1.54) is 6.08 Å². The van der Waals surface area contributed by atoms with Gasteiger partial charge in [0.1, 0.15) is 0 Å². The Morgan fingerprint density at radius 2 is 2.05 bits per heavy atom. The van der Waals surface area contributed by atoms with Crippen LogP contribution in [0.4, 0.5) is 4.79 Å². The summed E-state index contributed by atoms with van der Waals surface area (Å²) in [6.07, 6.45) is 2.12. The van der Waals surface area contributed by atoms with Gasteiger partial charge in [0.15, 0.2) is 9.84 Å². The van der Waals surface area contributed by atoms with Crippen LogP contribution in [0.5, 0.6) is 0 Å². The Balaban J connectivity index is 2.39. The number of rotatable bonds is 7. The smallest absolute Gasteiger partial charge is 0.315 e. The number of hydrogen-bond donors (Lipinski definition) is 3. The SMILES string of the molecule is CC(C)C[C@H](CNC(=O)NC1C=CS(=O)(=O)C1)CC(=O)O. The number of carbonyl (C=O) groups excluding carboxylic acids is 1. The fourth-order valence-corrected chi connectivity index (χ4v) is 3.51. The Bertz CT molecular complexity index is 513. The van der Waals surface area contributed by atoms with Crippen molar-refractivity contribution in [3.63, 3.8) is 0 Å². The van der Waals surface area contributed by atoms with Gasteiger partial charge in [-0.25, -0.2) is 13.2 Å². The van der Waals surface area contributed by atoms with Crippen molar-refractivity contribution in [3.05, 3.63) is 11.5 Å². The van der Waals surface area contributed by atoms with Crippen LogP contribution in [0.15, 0.2) is 11.5 Å². The maximum absolute atomic E-state index is 11.7. The molecular formula is C13H22N2O5S. The van der Waals surface area contributed by atoms with E-state index in [4.69, 9.17) is 5.11 Å². The highest BCUT2D eigenvalue weighted by Crippen LogP contribution is 2.14. The average molecular weight is 318 g/mol. The molecule has 1 aliphatic rings. The van der Waals surface area contributed by atoms with Crippen LogP contribution in [0.2, 0.25) is 0 Å². The summed E-state index contributed by atoms with van der Waals surface area (Å²) in [5, 5.41) is 15.1. The third-order valence-corrected chi connectivity index (χ3v) is 4.46. The summed E-state index contributed by atoms with van der Waals surface area (Å²) in [4.78, 5) is 22.5. The molecule has 0 aromatic rings. The first-order chi connectivity index (χ1) is 9.68. The molecule has 2 amide bonds. The molecule has 1 unspecified atom stereocenters. The molecule has 0 radical (unpaired) electrons. The zero-order valence-corrected chi connectivity index (χ0v) is 13.0. The number of urea groups is 1. The van der Waals surface area contributed by atoms with Crippen molar-refractivity contribution in [2.75, 3.05) is 12.3 Å². The van der Waals surface area contributed by atoms with Crippen LogP contribution in [-0.4, -0.2) is 43.9 Å². The average Bonchev–Trinajstić information content (AvgIpc) is 2.64. The minimum Gasteiger partial charge on any atom is -0.481 e. The Hall–Kier alpha value is -1.57. The van der Waals surface area contributed by atoms with Crippen molar-refractivity contribution in [2.24, 2.45) is 11.8 Å². The maximum atomic E-state index is 11.7. The summed E-state index contributed by atoms with van der Waals surface area (Å²) in [6.45, 7) is 4.23. The van der Waals surface area contributed by atoms with Gasteiger partial charge >= 0.3 is 12.0 Å². The van der Waals surface area contributed by atoms with Gasteiger partial charge in [-0.1, -0.05) is 13.8 Å². The minimum absolute atomic E-state index is 0.00380. The first-order valence-electron chi connectivity index (χ1n) is 6.85. The molecule has 0 aromatic carbocycles. The highest BCUT2D eigenvalue weighted by Gasteiger charge is 2.23. The molecule has 1 rings (SSSR count). The minimum atomic E-state index is -3.20. The van der Waals surface area contributed by atoms with E-state index in [9.17, 15) is 18.0 Å². The highest BCUT2D eigenvalue weighted by molar-refractivity contribution is 7.94. The lowest BCUT2D eigenvalue weighted by molar-refractivity contribution is -0.138. The molecule has 0 fully saturated rings. The van der Waals surface area contributed by atoms with Crippen LogP contribution in [0, 0.1) is 11.8 Å². The standard InChI is InChI=1S/C13H22N2O5S/c1-9(2)5-10(6-12(16)17)7-14-13(18)15-11-3-4-21(19,20)8-11/h3-4,9-11H,5-8H2,1-2H3,(H,16,17)(H2,14,15,18)/t10-,11?/m0/s1. The molecule has 0 aliphatic carbocycles. The van der Waals surface area contributed by atoms with Gasteiger partial charge in [0, 0.05) is 18.4 Å². The van der Waals surface area contributed by atoms with E-state index in [0.717, 1.165) is 5.41 Å². The predicted molar refractivity (Wildman–Crippen MR) is 78.4 cm³/mol. The van der Waals surface area contributed by atoms with E-state index in [-0.39, 0.29) is 24.6 Å². The van der Waals surface area contributed by atoms with Crippen molar-refractivity contribution >= 4 is 21.8 Å². The van der Waals surface area contributed by atoms with E-state index in [1.807, 2.05) is 13.8 Å².